The van der Waals surface area contributed by atoms with Gasteiger partial charge in [0.25, 0.3) is 5.91 Å². The highest BCUT2D eigenvalue weighted by Crippen LogP contribution is 2.27. The standard InChI is InChI=1S/C14H18BrNOS/c1-9-7-16(8-10(2)18-9)14(17)12-5-4-6-13(15)11(12)3/h4-6,9-10H,7-8H2,1-3H3. The van der Waals surface area contributed by atoms with Gasteiger partial charge in [-0.1, -0.05) is 35.8 Å². The van der Waals surface area contributed by atoms with E-state index >= 15 is 0 Å². The highest BCUT2D eigenvalue weighted by Gasteiger charge is 2.27. The molecule has 1 aliphatic rings. The molecule has 0 N–H and O–H groups in total. The normalized spacial score (nSPS) is 24.1. The van der Waals surface area contributed by atoms with E-state index in [1.807, 2.05) is 41.8 Å². The van der Waals surface area contributed by atoms with Crippen LogP contribution < -0.4 is 0 Å². The zero-order valence-electron chi connectivity index (χ0n) is 10.9. The minimum Gasteiger partial charge on any atom is -0.336 e. The van der Waals surface area contributed by atoms with Crippen LogP contribution in [0.5, 0.6) is 0 Å². The molecule has 0 aliphatic carbocycles. The topological polar surface area (TPSA) is 20.3 Å². The maximum Gasteiger partial charge on any atom is 0.254 e. The summed E-state index contributed by atoms with van der Waals surface area (Å²) >= 11 is 5.45. The molecule has 2 unspecified atom stereocenters. The highest BCUT2D eigenvalue weighted by molar-refractivity contribution is 9.10. The summed E-state index contributed by atoms with van der Waals surface area (Å²) in [6.07, 6.45) is 0. The molecule has 1 aromatic carbocycles. The second-order valence-corrected chi connectivity index (χ2v) is 7.62. The van der Waals surface area contributed by atoms with Crippen molar-refractivity contribution in [2.24, 2.45) is 0 Å². The Labute approximate surface area is 121 Å². The summed E-state index contributed by atoms with van der Waals surface area (Å²) in [4.78, 5) is 14.5. The molecule has 0 spiro atoms. The van der Waals surface area contributed by atoms with Gasteiger partial charge in [-0.05, 0) is 24.6 Å². The molecule has 0 bridgehead atoms. The van der Waals surface area contributed by atoms with Crippen LogP contribution in [-0.2, 0) is 0 Å². The first kappa shape index (κ1) is 13.9. The number of nitrogens with zero attached hydrogens (tertiary/aromatic N) is 1. The summed E-state index contributed by atoms with van der Waals surface area (Å²) in [5.74, 6) is 0.160. The van der Waals surface area contributed by atoms with Gasteiger partial charge in [0.05, 0.1) is 0 Å². The Morgan fingerprint density at radius 1 is 1.33 bits per heavy atom. The van der Waals surface area contributed by atoms with E-state index in [-0.39, 0.29) is 5.91 Å². The molecule has 0 saturated carbocycles. The third kappa shape index (κ3) is 2.91. The Kier molecular flexibility index (Phi) is 4.38. The molecule has 1 aromatic rings. The van der Waals surface area contributed by atoms with E-state index in [2.05, 4.69) is 29.8 Å². The predicted molar refractivity (Wildman–Crippen MR) is 81.3 cm³/mol. The van der Waals surface area contributed by atoms with Gasteiger partial charge in [-0.3, -0.25) is 4.79 Å². The Hall–Kier alpha value is -0.480. The van der Waals surface area contributed by atoms with Gasteiger partial charge in [0.2, 0.25) is 0 Å². The quantitative estimate of drug-likeness (QED) is 0.783. The fourth-order valence-corrected chi connectivity index (χ4v) is 4.04. The van der Waals surface area contributed by atoms with E-state index in [9.17, 15) is 4.79 Å². The highest BCUT2D eigenvalue weighted by atomic mass is 79.9. The van der Waals surface area contributed by atoms with E-state index in [0.29, 0.717) is 10.5 Å². The number of carbonyl (C=O) groups excluding carboxylic acids is 1. The number of carbonyl (C=O) groups is 1. The molecule has 18 heavy (non-hydrogen) atoms. The van der Waals surface area contributed by atoms with E-state index in [1.54, 1.807) is 0 Å². The molecule has 0 radical (unpaired) electrons. The molecule has 1 aliphatic heterocycles. The summed E-state index contributed by atoms with van der Waals surface area (Å²) in [5, 5.41) is 1.04. The monoisotopic (exact) mass is 327 g/mol. The summed E-state index contributed by atoms with van der Waals surface area (Å²) in [6, 6.07) is 5.82. The van der Waals surface area contributed by atoms with Crippen LogP contribution in [0.3, 0.4) is 0 Å². The second kappa shape index (κ2) is 5.66. The van der Waals surface area contributed by atoms with Crippen LogP contribution in [0.15, 0.2) is 22.7 Å². The molecular weight excluding hydrogens is 310 g/mol. The minimum absolute atomic E-state index is 0.160. The number of rotatable bonds is 1. The maximum atomic E-state index is 12.6. The van der Waals surface area contributed by atoms with Crippen molar-refractivity contribution in [1.29, 1.82) is 0 Å². The Morgan fingerprint density at radius 2 is 1.94 bits per heavy atom. The second-order valence-electron chi connectivity index (χ2n) is 4.88. The average molecular weight is 328 g/mol. The van der Waals surface area contributed by atoms with Crippen molar-refractivity contribution in [3.8, 4) is 0 Å². The van der Waals surface area contributed by atoms with E-state index in [4.69, 9.17) is 0 Å². The Bertz CT molecular complexity index is 453. The van der Waals surface area contributed by atoms with Gasteiger partial charge in [0.1, 0.15) is 0 Å². The van der Waals surface area contributed by atoms with E-state index in [1.165, 1.54) is 0 Å². The first-order valence-electron chi connectivity index (χ1n) is 6.19. The van der Waals surface area contributed by atoms with Crippen molar-refractivity contribution in [2.45, 2.75) is 31.3 Å². The van der Waals surface area contributed by atoms with Gasteiger partial charge in [-0.15, -0.1) is 0 Å². The van der Waals surface area contributed by atoms with Gasteiger partial charge in [-0.2, -0.15) is 11.8 Å². The average Bonchev–Trinajstić information content (AvgIpc) is 2.30. The molecule has 98 valence electrons. The fourth-order valence-electron chi connectivity index (χ4n) is 2.35. The van der Waals surface area contributed by atoms with Crippen LogP contribution in [0, 0.1) is 6.92 Å². The molecule has 2 nitrogen and oxygen atoms in total. The Morgan fingerprint density at radius 3 is 2.56 bits per heavy atom. The van der Waals surface area contributed by atoms with Crippen molar-refractivity contribution in [3.05, 3.63) is 33.8 Å². The van der Waals surface area contributed by atoms with Gasteiger partial charge < -0.3 is 4.90 Å². The molecule has 2 atom stereocenters. The smallest absolute Gasteiger partial charge is 0.254 e. The van der Waals surface area contributed by atoms with Crippen LogP contribution in [0.4, 0.5) is 0 Å². The molecule has 0 aromatic heterocycles. The third-order valence-corrected chi connectivity index (χ3v) is 5.29. The van der Waals surface area contributed by atoms with Crippen molar-refractivity contribution >= 4 is 33.6 Å². The number of benzene rings is 1. The number of hydrogen-bond acceptors (Lipinski definition) is 2. The molecule has 1 saturated heterocycles. The first-order chi connectivity index (χ1) is 8.49. The van der Waals surface area contributed by atoms with E-state index < -0.39 is 0 Å². The lowest BCUT2D eigenvalue weighted by atomic mass is 10.1. The summed E-state index contributed by atoms with van der Waals surface area (Å²) in [7, 11) is 0. The lowest BCUT2D eigenvalue weighted by Crippen LogP contribution is -2.44. The summed E-state index contributed by atoms with van der Waals surface area (Å²) in [6.45, 7) is 8.06. The number of amides is 1. The lowest BCUT2D eigenvalue weighted by molar-refractivity contribution is 0.0752. The minimum atomic E-state index is 0.160. The molecule has 1 amide bonds. The first-order valence-corrected chi connectivity index (χ1v) is 7.92. The van der Waals surface area contributed by atoms with Crippen molar-refractivity contribution in [2.75, 3.05) is 13.1 Å². The predicted octanol–water partition coefficient (Wildman–Crippen LogP) is 3.72. The summed E-state index contributed by atoms with van der Waals surface area (Å²) < 4.78 is 1.00. The number of hydrogen-bond donors (Lipinski definition) is 0. The third-order valence-electron chi connectivity index (χ3n) is 3.20. The van der Waals surface area contributed by atoms with Crippen molar-refractivity contribution in [3.63, 3.8) is 0 Å². The van der Waals surface area contributed by atoms with Crippen LogP contribution in [0.25, 0.3) is 0 Å². The van der Waals surface area contributed by atoms with Crippen molar-refractivity contribution in [1.82, 2.24) is 4.90 Å². The maximum absolute atomic E-state index is 12.6. The SMILES string of the molecule is Cc1c(Br)cccc1C(=O)N1CC(C)SC(C)C1. The number of thioether (sulfide) groups is 1. The largest absolute Gasteiger partial charge is 0.336 e. The van der Waals surface area contributed by atoms with Gasteiger partial charge in [-0.25, -0.2) is 0 Å². The molecule has 1 fully saturated rings. The zero-order valence-corrected chi connectivity index (χ0v) is 13.3. The van der Waals surface area contributed by atoms with Crippen LogP contribution in [-0.4, -0.2) is 34.4 Å². The molecule has 1 heterocycles. The summed E-state index contributed by atoms with van der Waals surface area (Å²) in [5.41, 5.74) is 1.84. The van der Waals surface area contributed by atoms with Gasteiger partial charge in [0, 0.05) is 33.6 Å². The van der Waals surface area contributed by atoms with E-state index in [0.717, 1.165) is 28.7 Å². The van der Waals surface area contributed by atoms with Crippen LogP contribution in [0.2, 0.25) is 0 Å². The van der Waals surface area contributed by atoms with Crippen LogP contribution in [0.1, 0.15) is 29.8 Å². The molecule has 4 heteroatoms. The molecule has 2 rings (SSSR count). The fraction of sp³-hybridized carbons (Fsp3) is 0.500. The molecular formula is C14H18BrNOS. The lowest BCUT2D eigenvalue weighted by Gasteiger charge is -2.35. The number of halogens is 1. The van der Waals surface area contributed by atoms with Crippen molar-refractivity contribution < 1.29 is 4.79 Å². The van der Waals surface area contributed by atoms with Gasteiger partial charge in [0.15, 0.2) is 0 Å². The Balaban J connectivity index is 2.23. The van der Waals surface area contributed by atoms with Crippen LogP contribution >= 0.6 is 27.7 Å². The van der Waals surface area contributed by atoms with Gasteiger partial charge >= 0.3 is 0 Å². The zero-order chi connectivity index (χ0) is 13.3.